The predicted molar refractivity (Wildman–Crippen MR) is 150 cm³/mol. The highest BCUT2D eigenvalue weighted by Crippen LogP contribution is 2.32. The lowest BCUT2D eigenvalue weighted by Gasteiger charge is -2.19. The number of carbonyl (C=O) groups is 1. The molecule has 0 saturated heterocycles. The van der Waals surface area contributed by atoms with E-state index in [9.17, 15) is 4.79 Å². The molecule has 2 aromatic carbocycles. The predicted octanol–water partition coefficient (Wildman–Crippen LogP) is 8.40. The van der Waals surface area contributed by atoms with E-state index in [0.717, 1.165) is 72.5 Å². The van der Waals surface area contributed by atoms with Crippen molar-refractivity contribution in [2.45, 2.75) is 81.6 Å². The van der Waals surface area contributed by atoms with E-state index < -0.39 is 0 Å². The van der Waals surface area contributed by atoms with E-state index in [-0.39, 0.29) is 5.78 Å². The molecule has 4 nitrogen and oxygen atoms in total. The van der Waals surface area contributed by atoms with Crippen molar-refractivity contribution in [1.29, 1.82) is 0 Å². The number of carbonyl (C=O) groups excluding carboxylic acids is 1. The molecule has 3 aromatic rings. The van der Waals surface area contributed by atoms with Crippen LogP contribution in [0.25, 0.3) is 11.0 Å². The number of ether oxygens (including phenoxy) is 1. The minimum absolute atomic E-state index is 0.0249. The Balaban J connectivity index is 0.00000145. The van der Waals surface area contributed by atoms with Crippen LogP contribution in [-0.4, -0.2) is 36.9 Å². The molecule has 0 radical (unpaired) electrons. The smallest absolute Gasteiger partial charge is 0.197 e. The third-order valence-electron chi connectivity index (χ3n) is 5.92. The molecule has 0 N–H and O–H groups in total. The number of fused-ring (bicyclic) bond motifs is 1. The molecule has 35 heavy (non-hydrogen) atoms. The molecule has 0 aliphatic rings. The van der Waals surface area contributed by atoms with Gasteiger partial charge in [-0.25, -0.2) is 0 Å². The van der Waals surface area contributed by atoms with Crippen LogP contribution in [0.15, 0.2) is 40.8 Å². The van der Waals surface area contributed by atoms with E-state index in [2.05, 4.69) is 25.7 Å². The third-order valence-corrected chi connectivity index (χ3v) is 5.92. The fourth-order valence-electron chi connectivity index (χ4n) is 4.13. The van der Waals surface area contributed by atoms with E-state index in [1.165, 1.54) is 0 Å². The van der Waals surface area contributed by atoms with Crippen molar-refractivity contribution in [3.05, 3.63) is 64.4 Å². The average molecular weight is 482 g/mol. The zero-order chi connectivity index (χ0) is 26.4. The number of ketones is 1. The summed E-state index contributed by atoms with van der Waals surface area (Å²) in [6, 6.07) is 11.7. The minimum atomic E-state index is 0.0249. The van der Waals surface area contributed by atoms with E-state index in [4.69, 9.17) is 9.15 Å². The lowest BCUT2D eigenvalue weighted by atomic mass is 9.95. The monoisotopic (exact) mass is 481 g/mol. The van der Waals surface area contributed by atoms with Crippen molar-refractivity contribution >= 4 is 16.8 Å². The molecule has 0 amide bonds. The number of aryl methyl sites for hydroxylation is 3. The van der Waals surface area contributed by atoms with Crippen LogP contribution >= 0.6 is 0 Å². The van der Waals surface area contributed by atoms with Crippen molar-refractivity contribution in [2.24, 2.45) is 0 Å². The summed E-state index contributed by atoms with van der Waals surface area (Å²) >= 11 is 0. The Morgan fingerprint density at radius 1 is 0.943 bits per heavy atom. The van der Waals surface area contributed by atoms with E-state index in [1.807, 2.05) is 77.9 Å². The van der Waals surface area contributed by atoms with Gasteiger partial charge in [0.1, 0.15) is 23.7 Å². The van der Waals surface area contributed by atoms with E-state index >= 15 is 0 Å². The number of para-hydroxylation sites is 1. The Kier molecular flexibility index (Phi) is 14.0. The maximum atomic E-state index is 13.6. The van der Waals surface area contributed by atoms with Gasteiger partial charge in [-0.05, 0) is 62.7 Å². The number of furan rings is 1. The van der Waals surface area contributed by atoms with Crippen LogP contribution in [0.1, 0.15) is 94.1 Å². The normalized spacial score (nSPS) is 10.5. The Bertz CT molecular complexity index is 1010. The van der Waals surface area contributed by atoms with Crippen molar-refractivity contribution in [3.63, 3.8) is 0 Å². The van der Waals surface area contributed by atoms with Crippen molar-refractivity contribution in [2.75, 3.05) is 26.2 Å². The number of rotatable bonds is 11. The highest BCUT2D eigenvalue weighted by molar-refractivity contribution is 6.17. The number of nitrogens with zero attached hydrogens (tertiary/aromatic N) is 1. The van der Waals surface area contributed by atoms with Gasteiger partial charge < -0.3 is 14.1 Å². The lowest BCUT2D eigenvalue weighted by Crippen LogP contribution is -2.28. The van der Waals surface area contributed by atoms with Crippen molar-refractivity contribution < 1.29 is 13.9 Å². The van der Waals surface area contributed by atoms with Crippen LogP contribution in [0.4, 0.5) is 0 Å². The Labute approximate surface area is 213 Å². The summed E-state index contributed by atoms with van der Waals surface area (Å²) in [6.07, 6.45) is 2.83. The van der Waals surface area contributed by atoms with Crippen LogP contribution in [-0.2, 0) is 6.42 Å². The van der Waals surface area contributed by atoms with Gasteiger partial charge in [-0.2, -0.15) is 0 Å². The maximum Gasteiger partial charge on any atom is 0.197 e. The second kappa shape index (κ2) is 16.1. The second-order valence-corrected chi connectivity index (χ2v) is 8.14. The molecule has 4 heteroatoms. The molecule has 0 atom stereocenters. The van der Waals surface area contributed by atoms with Gasteiger partial charge in [0.25, 0.3) is 0 Å². The van der Waals surface area contributed by atoms with Crippen LogP contribution in [0, 0.1) is 13.8 Å². The van der Waals surface area contributed by atoms with Gasteiger partial charge in [0, 0.05) is 23.9 Å². The Morgan fingerprint density at radius 2 is 1.54 bits per heavy atom. The van der Waals surface area contributed by atoms with Gasteiger partial charge in [-0.1, -0.05) is 73.1 Å². The molecule has 0 saturated carbocycles. The summed E-state index contributed by atoms with van der Waals surface area (Å²) in [5.41, 5.74) is 4.16. The van der Waals surface area contributed by atoms with Crippen LogP contribution in [0.3, 0.4) is 0 Å². The van der Waals surface area contributed by atoms with Gasteiger partial charge in [0.05, 0.1) is 5.56 Å². The summed E-state index contributed by atoms with van der Waals surface area (Å²) < 4.78 is 12.2. The SMILES string of the molecule is CC.CC.CCCCc1oc2ccccc2c1C(=O)c1cc(C)c(OCCN(CC)CC)c(C)c1. The maximum absolute atomic E-state index is 13.6. The highest BCUT2D eigenvalue weighted by atomic mass is 16.5. The zero-order valence-corrected chi connectivity index (χ0v) is 23.6. The topological polar surface area (TPSA) is 42.7 Å². The molecular weight excluding hydrogens is 434 g/mol. The number of likely N-dealkylation sites (N-methyl/N-ethyl adjacent to an activating group) is 1. The summed E-state index contributed by atoms with van der Waals surface area (Å²) in [6.45, 7) is 22.1. The van der Waals surface area contributed by atoms with Crippen LogP contribution < -0.4 is 4.74 Å². The van der Waals surface area contributed by atoms with Gasteiger partial charge >= 0.3 is 0 Å². The fraction of sp³-hybridized carbons (Fsp3) is 0.516. The summed E-state index contributed by atoms with van der Waals surface area (Å²) in [5.74, 6) is 1.70. The molecule has 0 bridgehead atoms. The Hall–Kier alpha value is -2.59. The van der Waals surface area contributed by atoms with Gasteiger partial charge in [-0.15, -0.1) is 0 Å². The fourth-order valence-corrected chi connectivity index (χ4v) is 4.13. The van der Waals surface area contributed by atoms with Gasteiger partial charge in [0.15, 0.2) is 5.78 Å². The Morgan fingerprint density at radius 3 is 2.11 bits per heavy atom. The molecule has 0 aliphatic heterocycles. The molecule has 3 rings (SSSR count). The van der Waals surface area contributed by atoms with Gasteiger partial charge in [-0.3, -0.25) is 4.79 Å². The quantitative estimate of drug-likeness (QED) is 0.258. The first-order valence-corrected chi connectivity index (χ1v) is 13.5. The van der Waals surface area contributed by atoms with Crippen LogP contribution in [0.5, 0.6) is 5.75 Å². The summed E-state index contributed by atoms with van der Waals surface area (Å²) in [5, 5.41) is 0.897. The van der Waals surface area contributed by atoms with Crippen LogP contribution in [0.2, 0.25) is 0 Å². The van der Waals surface area contributed by atoms with Crippen molar-refractivity contribution in [1.82, 2.24) is 4.90 Å². The zero-order valence-electron chi connectivity index (χ0n) is 23.6. The molecule has 0 aliphatic carbocycles. The number of hydrogen-bond acceptors (Lipinski definition) is 4. The molecule has 1 aromatic heterocycles. The molecule has 0 unspecified atom stereocenters. The molecule has 194 valence electrons. The van der Waals surface area contributed by atoms with Crippen molar-refractivity contribution in [3.8, 4) is 5.75 Å². The summed E-state index contributed by atoms with van der Waals surface area (Å²) in [7, 11) is 0. The molecule has 0 fully saturated rings. The first kappa shape index (κ1) is 30.4. The standard InChI is InChI=1S/C27H35NO3.2C2H6/c1-6-9-13-24-25(22-12-10-11-14-23(22)31-24)26(29)21-17-19(4)27(20(5)18-21)30-16-15-28(7-2)8-3;2*1-2/h10-12,14,17-18H,6-9,13,15-16H2,1-5H3;2*1-2H3. The average Bonchev–Trinajstić information content (AvgIpc) is 3.26. The minimum Gasteiger partial charge on any atom is -0.492 e. The third kappa shape index (κ3) is 7.96. The van der Waals surface area contributed by atoms with E-state index in [1.54, 1.807) is 0 Å². The van der Waals surface area contributed by atoms with E-state index in [0.29, 0.717) is 17.7 Å². The molecule has 1 heterocycles. The first-order valence-electron chi connectivity index (χ1n) is 13.5. The molecular formula is C31H47NO3. The summed E-state index contributed by atoms with van der Waals surface area (Å²) in [4.78, 5) is 15.9. The lowest BCUT2D eigenvalue weighted by molar-refractivity contribution is 0.103. The number of benzene rings is 2. The second-order valence-electron chi connectivity index (χ2n) is 8.14. The number of unbranched alkanes of at least 4 members (excludes halogenated alkanes) is 1. The number of hydrogen-bond donors (Lipinski definition) is 0. The largest absolute Gasteiger partial charge is 0.492 e. The van der Waals surface area contributed by atoms with Gasteiger partial charge in [0.2, 0.25) is 0 Å². The first-order chi connectivity index (χ1) is 17.0. The highest BCUT2D eigenvalue weighted by Gasteiger charge is 2.23. The molecule has 0 spiro atoms.